The minimum atomic E-state index is -0.270. The Morgan fingerprint density at radius 3 is 2.61 bits per heavy atom. The lowest BCUT2D eigenvalue weighted by molar-refractivity contribution is 0.0927. The molecule has 1 aromatic heterocycles. The van der Waals surface area contributed by atoms with Crippen molar-refractivity contribution >= 4 is 28.5 Å². The van der Waals surface area contributed by atoms with Crippen LogP contribution in [0.15, 0.2) is 47.5 Å². The highest BCUT2D eigenvalue weighted by Crippen LogP contribution is 2.40. The van der Waals surface area contributed by atoms with Gasteiger partial charge in [-0.2, -0.15) is 0 Å². The number of ether oxygens (including phenoxy) is 2. The maximum atomic E-state index is 13.4. The van der Waals surface area contributed by atoms with Gasteiger partial charge in [0.05, 0.1) is 12.2 Å². The van der Waals surface area contributed by atoms with Crippen molar-refractivity contribution in [3.63, 3.8) is 0 Å². The molecule has 0 bridgehead atoms. The van der Waals surface area contributed by atoms with E-state index in [1.54, 1.807) is 29.7 Å². The lowest BCUT2D eigenvalue weighted by Gasteiger charge is -2.23. The number of halogens is 1. The summed E-state index contributed by atoms with van der Waals surface area (Å²) in [6.45, 7) is 2.74. The Morgan fingerprint density at radius 1 is 1.03 bits per heavy atom. The maximum Gasteiger partial charge on any atom is 0.254 e. The molecule has 0 aliphatic heterocycles. The molecule has 7 heteroatoms. The summed E-state index contributed by atoms with van der Waals surface area (Å²) in [4.78, 5) is 19.6. The van der Waals surface area contributed by atoms with Crippen LogP contribution in [0, 0.1) is 5.82 Å². The minimum absolute atomic E-state index is 0.0306. The number of nitrogens with one attached hydrogen (secondary N) is 1. The number of carbonyl (C=O) groups excluding carboxylic acids is 1. The van der Waals surface area contributed by atoms with Gasteiger partial charge in [-0.25, -0.2) is 9.38 Å². The first-order valence-corrected chi connectivity index (χ1v) is 14.6. The highest BCUT2D eigenvalue weighted by atomic mass is 32.1. The van der Waals surface area contributed by atoms with Crippen LogP contribution in [0.25, 0.3) is 0 Å². The summed E-state index contributed by atoms with van der Waals surface area (Å²) in [6, 6.07) is 12.2. The number of amides is 1. The van der Waals surface area contributed by atoms with Gasteiger partial charge < -0.3 is 14.8 Å². The Bertz CT molecular complexity index is 1280. The molecule has 5 nitrogen and oxygen atoms in total. The molecule has 200 valence electrons. The molecule has 0 spiro atoms. The topological polar surface area (TPSA) is 59.9 Å². The molecule has 1 N–H and O–H groups in total. The van der Waals surface area contributed by atoms with Crippen LogP contribution in [-0.2, 0) is 19.4 Å². The van der Waals surface area contributed by atoms with Crippen LogP contribution in [0.4, 0.5) is 9.39 Å². The molecule has 2 aliphatic carbocycles. The van der Waals surface area contributed by atoms with E-state index >= 15 is 0 Å². The van der Waals surface area contributed by atoms with E-state index < -0.39 is 0 Å². The molecule has 38 heavy (non-hydrogen) atoms. The number of nitrogens with zero attached hydrogens (tertiary/aromatic N) is 1. The van der Waals surface area contributed by atoms with Crippen molar-refractivity contribution in [3.8, 4) is 11.5 Å². The number of fused-ring (bicyclic) bond motifs is 1. The van der Waals surface area contributed by atoms with Crippen LogP contribution in [0.3, 0.4) is 0 Å². The molecule has 2 aromatic carbocycles. The van der Waals surface area contributed by atoms with Crippen molar-refractivity contribution in [1.82, 2.24) is 5.32 Å². The third-order valence-electron chi connectivity index (χ3n) is 7.23. The number of rotatable bonds is 9. The number of hydrogen-bond donors (Lipinski definition) is 1. The molecular weight excluding hydrogens is 499 g/mol. The lowest BCUT2D eigenvalue weighted by Crippen LogP contribution is -2.36. The Kier molecular flexibility index (Phi) is 8.74. The molecule has 0 unspecified atom stereocenters. The van der Waals surface area contributed by atoms with Crippen LogP contribution < -0.4 is 14.8 Å². The van der Waals surface area contributed by atoms with Gasteiger partial charge in [-0.15, -0.1) is 11.3 Å². The zero-order valence-electron chi connectivity index (χ0n) is 21.9. The van der Waals surface area contributed by atoms with Crippen LogP contribution in [0.2, 0.25) is 0 Å². The van der Waals surface area contributed by atoms with Crippen molar-refractivity contribution in [2.45, 2.75) is 77.4 Å². The van der Waals surface area contributed by atoms with Gasteiger partial charge in [-0.1, -0.05) is 31.4 Å². The molecule has 0 saturated heterocycles. The van der Waals surface area contributed by atoms with Gasteiger partial charge >= 0.3 is 0 Å². The standard InChI is InChI=1S/C31H35FN2O3S/c1-2-36-27-18-22(14-17-26(27)37-20-21-12-15-23(32)16-13-21)19-33-31-29(25-10-6-7-11-28(25)38-31)30(35)34-24-8-4-3-5-9-24/h12-19,24H,2-11,20H2,1H3,(H,34,35). The van der Waals surface area contributed by atoms with Crippen LogP contribution >= 0.6 is 11.3 Å². The molecular formula is C31H35FN2O3S. The van der Waals surface area contributed by atoms with E-state index in [2.05, 4.69) is 5.32 Å². The maximum absolute atomic E-state index is 13.4. The fourth-order valence-electron chi connectivity index (χ4n) is 5.25. The van der Waals surface area contributed by atoms with Gasteiger partial charge in [0.2, 0.25) is 0 Å². The highest BCUT2D eigenvalue weighted by molar-refractivity contribution is 7.16. The van der Waals surface area contributed by atoms with E-state index in [0.29, 0.717) is 24.7 Å². The second-order valence-corrected chi connectivity index (χ2v) is 11.1. The predicted octanol–water partition coefficient (Wildman–Crippen LogP) is 7.56. The van der Waals surface area contributed by atoms with Gasteiger partial charge in [0.1, 0.15) is 17.4 Å². The number of hydrogen-bond acceptors (Lipinski definition) is 5. The molecule has 1 saturated carbocycles. The first-order chi connectivity index (χ1) is 18.6. The Balaban J connectivity index is 1.35. The monoisotopic (exact) mass is 534 g/mol. The Hall–Kier alpha value is -3.19. The van der Waals surface area contributed by atoms with Gasteiger partial charge in [0, 0.05) is 17.1 Å². The average Bonchev–Trinajstić information content (AvgIpc) is 3.31. The minimum Gasteiger partial charge on any atom is -0.490 e. The van der Waals surface area contributed by atoms with E-state index in [1.807, 2.05) is 25.1 Å². The Morgan fingerprint density at radius 2 is 1.82 bits per heavy atom. The molecule has 1 heterocycles. The second-order valence-electron chi connectivity index (χ2n) is 10.0. The molecule has 0 radical (unpaired) electrons. The first kappa shape index (κ1) is 26.4. The van der Waals surface area contributed by atoms with E-state index in [4.69, 9.17) is 14.5 Å². The van der Waals surface area contributed by atoms with Crippen molar-refractivity contribution < 1.29 is 18.7 Å². The average molecular weight is 535 g/mol. The van der Waals surface area contributed by atoms with Crippen LogP contribution in [0.1, 0.15) is 83.8 Å². The largest absolute Gasteiger partial charge is 0.490 e. The zero-order valence-corrected chi connectivity index (χ0v) is 22.7. The smallest absolute Gasteiger partial charge is 0.254 e. The van der Waals surface area contributed by atoms with Crippen molar-refractivity contribution in [1.29, 1.82) is 0 Å². The summed E-state index contributed by atoms with van der Waals surface area (Å²) in [5.74, 6) is 1.00. The van der Waals surface area contributed by atoms with E-state index in [1.165, 1.54) is 41.8 Å². The number of thiophene rings is 1. The SMILES string of the molecule is CCOc1cc(C=Nc2sc3c(c2C(=O)NC2CCCCC2)CCCC3)ccc1OCc1ccc(F)cc1. The number of aliphatic imine (C=N–C) groups is 1. The fourth-order valence-corrected chi connectivity index (χ4v) is 6.48. The third-order valence-corrected chi connectivity index (χ3v) is 8.43. The van der Waals surface area contributed by atoms with E-state index in [-0.39, 0.29) is 17.8 Å². The zero-order chi connectivity index (χ0) is 26.3. The van der Waals surface area contributed by atoms with E-state index in [9.17, 15) is 9.18 Å². The second kappa shape index (κ2) is 12.6. The van der Waals surface area contributed by atoms with E-state index in [0.717, 1.165) is 60.2 Å². The van der Waals surface area contributed by atoms with Crippen molar-refractivity contribution in [3.05, 3.63) is 75.4 Å². The summed E-state index contributed by atoms with van der Waals surface area (Å²) < 4.78 is 25.0. The molecule has 5 rings (SSSR count). The fraction of sp³-hybridized carbons (Fsp3) is 0.419. The number of benzene rings is 2. The number of aryl methyl sites for hydroxylation is 1. The lowest BCUT2D eigenvalue weighted by atomic mass is 9.93. The predicted molar refractivity (Wildman–Crippen MR) is 151 cm³/mol. The van der Waals surface area contributed by atoms with Crippen LogP contribution in [-0.4, -0.2) is 24.8 Å². The van der Waals surface area contributed by atoms with Gasteiger partial charge in [-0.3, -0.25) is 4.79 Å². The highest BCUT2D eigenvalue weighted by Gasteiger charge is 2.27. The molecule has 1 fully saturated rings. The summed E-state index contributed by atoms with van der Waals surface area (Å²) >= 11 is 1.65. The molecule has 3 aromatic rings. The summed E-state index contributed by atoms with van der Waals surface area (Å²) in [7, 11) is 0. The van der Waals surface area contributed by atoms with Gasteiger partial charge in [0.25, 0.3) is 5.91 Å². The molecule has 1 amide bonds. The quantitative estimate of drug-likeness (QED) is 0.288. The molecule has 0 atom stereocenters. The first-order valence-electron chi connectivity index (χ1n) is 13.7. The summed E-state index contributed by atoms with van der Waals surface area (Å²) in [5.41, 5.74) is 3.71. The summed E-state index contributed by atoms with van der Waals surface area (Å²) in [5, 5.41) is 4.10. The van der Waals surface area contributed by atoms with Gasteiger partial charge in [0.15, 0.2) is 11.5 Å². The van der Waals surface area contributed by atoms with Crippen molar-refractivity contribution in [2.75, 3.05) is 6.61 Å². The Labute approximate surface area is 228 Å². The van der Waals surface area contributed by atoms with Gasteiger partial charge in [-0.05, 0) is 92.5 Å². The van der Waals surface area contributed by atoms with Crippen LogP contribution in [0.5, 0.6) is 11.5 Å². The normalized spacial score (nSPS) is 15.8. The van der Waals surface area contributed by atoms with Crippen molar-refractivity contribution in [2.24, 2.45) is 4.99 Å². The number of carbonyl (C=O) groups is 1. The third kappa shape index (κ3) is 6.44. The molecule has 2 aliphatic rings. The summed E-state index contributed by atoms with van der Waals surface area (Å²) in [6.07, 6.45) is 11.8.